The first-order valence-corrected chi connectivity index (χ1v) is 10.5. The maximum Gasteiger partial charge on any atom is 0.173 e. The van der Waals surface area contributed by atoms with Gasteiger partial charge in [0.2, 0.25) is 0 Å². The number of halogens is 3. The monoisotopic (exact) mass is 500 g/mol. The average molecular weight is 502 g/mol. The Kier molecular flexibility index (Phi) is 6.98. The highest BCUT2D eigenvalue weighted by Crippen LogP contribution is 2.22. The average Bonchev–Trinajstić information content (AvgIpc) is 3.24. The van der Waals surface area contributed by atoms with E-state index in [2.05, 4.69) is 38.4 Å². The zero-order chi connectivity index (χ0) is 20.3. The van der Waals surface area contributed by atoms with Gasteiger partial charge in [0.15, 0.2) is 5.11 Å². The minimum absolute atomic E-state index is 0.545. The van der Waals surface area contributed by atoms with Crippen LogP contribution < -0.4 is 5.32 Å². The molecule has 0 amide bonds. The van der Waals surface area contributed by atoms with Crippen LogP contribution in [0.15, 0.2) is 41.3 Å². The summed E-state index contributed by atoms with van der Waals surface area (Å²) < 4.78 is 4.71. The number of aromatic nitrogens is 4. The highest BCUT2D eigenvalue weighted by atomic mass is 79.9. The summed E-state index contributed by atoms with van der Waals surface area (Å²) >= 11 is 21.3. The summed E-state index contributed by atoms with van der Waals surface area (Å²) in [7, 11) is 1.94. The fourth-order valence-electron chi connectivity index (χ4n) is 2.67. The molecule has 1 N–H and O–H groups in total. The van der Waals surface area contributed by atoms with Crippen LogP contribution in [0.25, 0.3) is 0 Å². The number of aryl methyl sites for hydroxylation is 1. The number of benzene rings is 1. The lowest BCUT2D eigenvalue weighted by molar-refractivity contribution is 0.470. The fourth-order valence-corrected chi connectivity index (χ4v) is 3.74. The first-order chi connectivity index (χ1) is 13.4. The maximum absolute atomic E-state index is 6.24. The van der Waals surface area contributed by atoms with Crippen LogP contribution in [0.1, 0.15) is 18.2 Å². The molecule has 0 atom stereocenters. The van der Waals surface area contributed by atoms with Gasteiger partial charge in [-0.2, -0.15) is 10.2 Å². The molecule has 0 saturated heterocycles. The van der Waals surface area contributed by atoms with Crippen LogP contribution in [-0.2, 0) is 19.6 Å². The van der Waals surface area contributed by atoms with E-state index >= 15 is 0 Å². The van der Waals surface area contributed by atoms with Crippen molar-refractivity contribution in [1.29, 1.82) is 0 Å². The van der Waals surface area contributed by atoms with Crippen molar-refractivity contribution in [3.8, 4) is 0 Å². The van der Waals surface area contributed by atoms with E-state index in [9.17, 15) is 0 Å². The molecule has 10 heteroatoms. The predicted molar refractivity (Wildman–Crippen MR) is 121 cm³/mol. The Bertz CT molecular complexity index is 986. The molecule has 6 nitrogen and oxygen atoms in total. The summed E-state index contributed by atoms with van der Waals surface area (Å²) in [6.45, 7) is 4.04. The topological polar surface area (TPSA) is 50.9 Å². The standard InChI is InChI=1S/C18H19BrCl2N6S/c1-3-27-17(15(19)8-23-27)11-25(2)18(28)24-14-7-22-26(10-14)9-12-4-5-13(20)6-16(12)21/h4-8,10H,3,9,11H2,1-2H3,(H,24,28). The summed E-state index contributed by atoms with van der Waals surface area (Å²) in [4.78, 5) is 1.96. The van der Waals surface area contributed by atoms with Gasteiger partial charge in [0.25, 0.3) is 0 Å². The van der Waals surface area contributed by atoms with E-state index in [4.69, 9.17) is 35.4 Å². The molecule has 0 aliphatic heterocycles. The van der Waals surface area contributed by atoms with Gasteiger partial charge in [-0.05, 0) is 52.8 Å². The van der Waals surface area contributed by atoms with Gasteiger partial charge >= 0.3 is 0 Å². The molecule has 0 spiro atoms. The smallest absolute Gasteiger partial charge is 0.173 e. The van der Waals surface area contributed by atoms with Gasteiger partial charge in [0.05, 0.1) is 41.3 Å². The molecule has 148 valence electrons. The Labute approximate surface area is 187 Å². The lowest BCUT2D eigenvalue weighted by atomic mass is 10.2. The van der Waals surface area contributed by atoms with E-state index < -0.39 is 0 Å². The van der Waals surface area contributed by atoms with Gasteiger partial charge in [-0.3, -0.25) is 9.36 Å². The minimum atomic E-state index is 0.545. The Morgan fingerprint density at radius 3 is 2.79 bits per heavy atom. The van der Waals surface area contributed by atoms with Gasteiger partial charge in [-0.1, -0.05) is 29.3 Å². The number of thiocarbonyl (C=S) groups is 1. The SMILES string of the molecule is CCn1ncc(Br)c1CN(C)C(=S)Nc1cnn(Cc2ccc(Cl)cc2Cl)c1. The number of hydrogen-bond donors (Lipinski definition) is 1. The van der Waals surface area contributed by atoms with Crippen molar-refractivity contribution in [2.24, 2.45) is 0 Å². The normalized spacial score (nSPS) is 10.9. The van der Waals surface area contributed by atoms with Crippen LogP contribution in [0.3, 0.4) is 0 Å². The maximum atomic E-state index is 6.24. The molecule has 0 aliphatic rings. The Morgan fingerprint density at radius 2 is 2.07 bits per heavy atom. The first kappa shape index (κ1) is 21.1. The summed E-state index contributed by atoms with van der Waals surface area (Å²) in [6, 6.07) is 5.44. The van der Waals surface area contributed by atoms with E-state index in [0.717, 1.165) is 28.0 Å². The van der Waals surface area contributed by atoms with Crippen molar-refractivity contribution in [1.82, 2.24) is 24.5 Å². The molecule has 3 aromatic rings. The zero-order valence-electron chi connectivity index (χ0n) is 15.4. The van der Waals surface area contributed by atoms with Gasteiger partial charge in [0.1, 0.15) is 0 Å². The van der Waals surface area contributed by atoms with Gasteiger partial charge in [-0.25, -0.2) is 0 Å². The highest BCUT2D eigenvalue weighted by molar-refractivity contribution is 9.10. The van der Waals surface area contributed by atoms with Crippen molar-refractivity contribution in [3.05, 3.63) is 62.6 Å². The largest absolute Gasteiger partial charge is 0.346 e. The van der Waals surface area contributed by atoms with E-state index in [0.29, 0.717) is 28.2 Å². The molecule has 0 bridgehead atoms. The Morgan fingerprint density at radius 1 is 1.29 bits per heavy atom. The van der Waals surface area contributed by atoms with Crippen LogP contribution in [0.4, 0.5) is 5.69 Å². The van der Waals surface area contributed by atoms with Crippen LogP contribution >= 0.6 is 51.3 Å². The summed E-state index contributed by atoms with van der Waals surface area (Å²) in [6.07, 6.45) is 5.42. The van der Waals surface area contributed by atoms with E-state index in [1.165, 1.54) is 0 Å². The summed E-state index contributed by atoms with van der Waals surface area (Å²) in [5, 5.41) is 13.7. The lowest BCUT2D eigenvalue weighted by Gasteiger charge is -2.21. The van der Waals surface area contributed by atoms with E-state index in [1.54, 1.807) is 23.1 Å². The molecule has 0 saturated carbocycles. The third-order valence-electron chi connectivity index (χ3n) is 4.16. The molecule has 28 heavy (non-hydrogen) atoms. The van der Waals surface area contributed by atoms with Crippen molar-refractivity contribution in [3.63, 3.8) is 0 Å². The third-order valence-corrected chi connectivity index (χ3v) is 5.83. The number of anilines is 1. The van der Waals surface area contributed by atoms with Gasteiger partial charge in [0, 0.05) is 29.8 Å². The molecular formula is C18H19BrCl2N6S. The van der Waals surface area contributed by atoms with Crippen LogP contribution in [-0.4, -0.2) is 36.6 Å². The zero-order valence-corrected chi connectivity index (χ0v) is 19.3. The van der Waals surface area contributed by atoms with Gasteiger partial charge in [-0.15, -0.1) is 0 Å². The molecule has 2 heterocycles. The Hall–Kier alpha value is -1.61. The summed E-state index contributed by atoms with van der Waals surface area (Å²) in [5.74, 6) is 0. The lowest BCUT2D eigenvalue weighted by Crippen LogP contribution is -2.31. The number of nitrogens with one attached hydrogen (secondary N) is 1. The second-order valence-corrected chi connectivity index (χ2v) is 8.29. The van der Waals surface area contributed by atoms with E-state index in [1.807, 2.05) is 35.0 Å². The van der Waals surface area contributed by atoms with Crippen molar-refractivity contribution >= 4 is 62.1 Å². The molecule has 0 unspecified atom stereocenters. The number of hydrogen-bond acceptors (Lipinski definition) is 3. The first-order valence-electron chi connectivity index (χ1n) is 8.56. The van der Waals surface area contributed by atoms with Crippen molar-refractivity contribution in [2.45, 2.75) is 26.6 Å². The van der Waals surface area contributed by atoms with Crippen LogP contribution in [0.2, 0.25) is 10.0 Å². The Balaban J connectivity index is 1.62. The molecule has 2 aromatic heterocycles. The fraction of sp³-hybridized carbons (Fsp3) is 0.278. The third kappa shape index (κ3) is 5.05. The molecule has 0 aliphatic carbocycles. The van der Waals surface area contributed by atoms with Crippen LogP contribution in [0.5, 0.6) is 0 Å². The van der Waals surface area contributed by atoms with Crippen molar-refractivity contribution in [2.75, 3.05) is 12.4 Å². The highest BCUT2D eigenvalue weighted by Gasteiger charge is 2.13. The quantitative estimate of drug-likeness (QED) is 0.479. The second-order valence-electron chi connectivity index (χ2n) is 6.20. The predicted octanol–water partition coefficient (Wildman–Crippen LogP) is 5.05. The molecule has 0 radical (unpaired) electrons. The van der Waals surface area contributed by atoms with E-state index in [-0.39, 0.29) is 0 Å². The molecular weight excluding hydrogens is 483 g/mol. The van der Waals surface area contributed by atoms with Crippen LogP contribution in [0, 0.1) is 0 Å². The van der Waals surface area contributed by atoms with Crippen molar-refractivity contribution < 1.29 is 0 Å². The second kappa shape index (κ2) is 9.26. The summed E-state index contributed by atoms with van der Waals surface area (Å²) in [5.41, 5.74) is 2.82. The molecule has 3 rings (SSSR count). The minimum Gasteiger partial charge on any atom is -0.346 e. The number of rotatable bonds is 6. The van der Waals surface area contributed by atoms with Gasteiger partial charge < -0.3 is 10.2 Å². The molecule has 0 fully saturated rings. The molecule has 1 aromatic carbocycles. The number of nitrogens with zero attached hydrogens (tertiary/aromatic N) is 5.